The van der Waals surface area contributed by atoms with Crippen molar-refractivity contribution in [1.29, 1.82) is 0 Å². The first-order valence-corrected chi connectivity index (χ1v) is 22.8. The van der Waals surface area contributed by atoms with Crippen molar-refractivity contribution in [3.05, 3.63) is 94.9 Å². The van der Waals surface area contributed by atoms with Crippen LogP contribution in [0.4, 0.5) is 9.59 Å². The number of methoxy groups -OCH3 is 1. The molecule has 4 N–H and O–H groups in total. The van der Waals surface area contributed by atoms with Crippen molar-refractivity contribution in [2.24, 2.45) is 17.3 Å². The molecule has 0 unspecified atom stereocenters. The minimum absolute atomic E-state index is 0.139. The number of hydrogen-bond donors (Lipinski definition) is 4. The van der Waals surface area contributed by atoms with Gasteiger partial charge in [0.05, 0.1) is 30.9 Å². The van der Waals surface area contributed by atoms with E-state index in [2.05, 4.69) is 63.1 Å². The lowest BCUT2D eigenvalue weighted by molar-refractivity contribution is -0.135. The third-order valence-corrected chi connectivity index (χ3v) is 13.8. The normalized spacial score (nSPS) is 19.9. The van der Waals surface area contributed by atoms with Crippen molar-refractivity contribution in [3.8, 4) is 33.6 Å². The molecule has 2 aromatic carbocycles. The number of rotatable bonds is 11. The molecule has 63 heavy (non-hydrogen) atoms. The minimum Gasteiger partial charge on any atom is -0.453 e. The fraction of sp³-hybridized carbons (Fsp3) is 0.458. The number of carbonyl (C=O) groups is 4. The minimum atomic E-state index is -0.739. The van der Waals surface area contributed by atoms with Crippen molar-refractivity contribution >= 4 is 47.0 Å². The molecule has 4 amide bonds. The fourth-order valence-electron chi connectivity index (χ4n) is 10.2. The Morgan fingerprint density at radius 2 is 1.19 bits per heavy atom. The van der Waals surface area contributed by atoms with Crippen LogP contribution in [0.3, 0.4) is 0 Å². The number of benzene rings is 2. The second kappa shape index (κ2) is 18.0. The molecule has 1 saturated carbocycles. The van der Waals surface area contributed by atoms with E-state index >= 15 is 0 Å². The van der Waals surface area contributed by atoms with E-state index in [1.165, 1.54) is 72.5 Å². The zero-order chi connectivity index (χ0) is 44.7. The predicted molar refractivity (Wildman–Crippen MR) is 248 cm³/mol. The Hall–Kier alpha value is -5.45. The number of imidazole rings is 2. The molecule has 2 aromatic heterocycles. The number of fused-ring (bicyclic) bond motifs is 1. The van der Waals surface area contributed by atoms with Gasteiger partial charge in [0.1, 0.15) is 35.8 Å². The van der Waals surface area contributed by atoms with Crippen LogP contribution in [0.5, 0.6) is 0 Å². The molecule has 1 fully saturated rings. The molecule has 4 atom stereocenters. The van der Waals surface area contributed by atoms with Crippen LogP contribution in [-0.2, 0) is 30.2 Å². The lowest BCUT2D eigenvalue weighted by Crippen LogP contribution is -2.51. The van der Waals surface area contributed by atoms with Crippen molar-refractivity contribution in [1.82, 2.24) is 40.4 Å². The summed E-state index contributed by atoms with van der Waals surface area (Å²) < 4.78 is 9.60. The second-order valence-corrected chi connectivity index (χ2v) is 19.0. The zero-order valence-corrected chi connectivity index (χ0v) is 39.2. The van der Waals surface area contributed by atoms with Crippen molar-refractivity contribution in [3.63, 3.8) is 0 Å². The Kier molecular flexibility index (Phi) is 12.6. The summed E-state index contributed by atoms with van der Waals surface area (Å²) >= 11 is 1.53. The standard InChI is InChI=1S/C48H57IN8O6/c1-26(2)40(54-46(60)62-7)44(58)56-24-28(5)18-38(56)42-50-22-36(52-42)31-12-10-30(11-13-31)32-14-15-33(35-21-48(20-34(32)35)16-8-9-17-48)37-23-51-43(53-37)39-19-29(6)25-57(39)45(59)41(27(3)4)55-47(61)63-49/h10-15,18-19,22-23,26-27,38-41H,8-9,16-17,20-21,24-25H2,1-7H3,(H,50,52)(H,51,53)(H,54,60)(H,55,61)/t38-,39-,40-,41-/m0/s1. The van der Waals surface area contributed by atoms with E-state index in [4.69, 9.17) is 17.8 Å². The van der Waals surface area contributed by atoms with Gasteiger partial charge in [-0.2, -0.15) is 0 Å². The lowest BCUT2D eigenvalue weighted by atomic mass is 9.82. The molecule has 4 aromatic rings. The van der Waals surface area contributed by atoms with E-state index in [-0.39, 0.29) is 29.1 Å². The SMILES string of the molecule is COC(=O)N[C@H](C(=O)N1CC(C)=C[C@H]1c1ncc(-c2ccc(-c3ccc(-c4cnc([C@@H]5C=C(C)CN5C(=O)[C@@H](NC(=O)OI)C(C)C)[nH]4)c4c3CC3(CCCC3)C4)cc2)[nH]1)C(C)C. The van der Waals surface area contributed by atoms with E-state index in [1.54, 1.807) is 9.80 Å². The molecule has 332 valence electrons. The van der Waals surface area contributed by atoms with Gasteiger partial charge in [0, 0.05) is 18.7 Å². The Morgan fingerprint density at radius 1 is 0.714 bits per heavy atom. The summed E-state index contributed by atoms with van der Waals surface area (Å²) in [5, 5.41) is 5.44. The highest BCUT2D eigenvalue weighted by molar-refractivity contribution is 14.1. The van der Waals surface area contributed by atoms with Gasteiger partial charge in [-0.15, -0.1) is 0 Å². The molecule has 2 aliphatic heterocycles. The van der Waals surface area contributed by atoms with Gasteiger partial charge in [-0.1, -0.05) is 100 Å². The van der Waals surface area contributed by atoms with Crippen LogP contribution in [0.2, 0.25) is 0 Å². The van der Waals surface area contributed by atoms with E-state index in [0.29, 0.717) is 24.7 Å². The van der Waals surface area contributed by atoms with Crippen LogP contribution >= 0.6 is 23.0 Å². The van der Waals surface area contributed by atoms with E-state index < -0.39 is 36.4 Å². The third-order valence-electron chi connectivity index (χ3n) is 13.4. The number of nitrogens with zero attached hydrogens (tertiary/aromatic N) is 4. The number of amides is 4. The van der Waals surface area contributed by atoms with Gasteiger partial charge in [-0.05, 0) is 84.6 Å². The maximum Gasteiger partial charge on any atom is 0.417 e. The summed E-state index contributed by atoms with van der Waals surface area (Å²) in [5.41, 5.74) is 11.4. The van der Waals surface area contributed by atoms with E-state index in [0.717, 1.165) is 52.1 Å². The number of aromatic nitrogens is 4. The highest BCUT2D eigenvalue weighted by Crippen LogP contribution is 2.53. The van der Waals surface area contributed by atoms with E-state index in [1.807, 2.05) is 60.0 Å². The van der Waals surface area contributed by atoms with Crippen molar-refractivity contribution < 1.29 is 27.0 Å². The first-order valence-electron chi connectivity index (χ1n) is 21.9. The summed E-state index contributed by atoms with van der Waals surface area (Å²) in [4.78, 5) is 72.3. The number of aromatic amines is 2. The Balaban J connectivity index is 1.05. The average Bonchev–Trinajstić information content (AvgIpc) is 4.14. The molecule has 0 bridgehead atoms. The van der Waals surface area contributed by atoms with Crippen molar-refractivity contribution in [2.75, 3.05) is 20.2 Å². The van der Waals surface area contributed by atoms with Gasteiger partial charge in [0.2, 0.25) is 11.8 Å². The number of alkyl carbamates (subject to hydrolysis) is 1. The van der Waals surface area contributed by atoms with Gasteiger partial charge in [0.15, 0.2) is 23.0 Å². The highest BCUT2D eigenvalue weighted by atomic mass is 127. The first-order chi connectivity index (χ1) is 30.2. The van der Waals surface area contributed by atoms with Gasteiger partial charge < -0.3 is 38.2 Å². The largest absolute Gasteiger partial charge is 0.453 e. The van der Waals surface area contributed by atoms with Crippen LogP contribution in [0.15, 0.2) is 72.1 Å². The summed E-state index contributed by atoms with van der Waals surface area (Å²) in [6, 6.07) is 10.8. The predicted octanol–water partition coefficient (Wildman–Crippen LogP) is 8.93. The number of halogens is 1. The molecule has 2 aliphatic carbocycles. The molecule has 4 aliphatic rings. The molecular weight excluding hydrogens is 911 g/mol. The van der Waals surface area contributed by atoms with Crippen molar-refractivity contribution in [2.45, 2.75) is 104 Å². The first kappa shape index (κ1) is 44.2. The molecule has 1 spiro atoms. The molecule has 0 saturated heterocycles. The van der Waals surface area contributed by atoms with Crippen LogP contribution < -0.4 is 10.6 Å². The average molecular weight is 969 g/mol. The monoisotopic (exact) mass is 968 g/mol. The Labute approximate surface area is 382 Å². The lowest BCUT2D eigenvalue weighted by Gasteiger charge is -2.30. The van der Waals surface area contributed by atoms with Gasteiger partial charge in [-0.25, -0.2) is 19.6 Å². The maximum absolute atomic E-state index is 13.9. The molecule has 14 nitrogen and oxygen atoms in total. The van der Waals surface area contributed by atoms with E-state index in [9.17, 15) is 19.2 Å². The molecule has 15 heteroatoms. The fourth-order valence-corrected chi connectivity index (χ4v) is 10.3. The Morgan fingerprint density at radius 3 is 1.71 bits per heavy atom. The molecule has 4 heterocycles. The molecular formula is C48H57IN8O6. The quantitative estimate of drug-likeness (QED) is 0.0852. The topological polar surface area (TPSA) is 175 Å². The summed E-state index contributed by atoms with van der Waals surface area (Å²) in [6.07, 6.45) is 13.5. The van der Waals surface area contributed by atoms with Crippen LogP contribution in [0.1, 0.15) is 102 Å². The third kappa shape index (κ3) is 8.77. The van der Waals surface area contributed by atoms with Gasteiger partial charge >= 0.3 is 12.2 Å². The zero-order valence-electron chi connectivity index (χ0n) is 37.0. The second-order valence-electron chi connectivity index (χ2n) is 18.6. The van der Waals surface area contributed by atoms with Gasteiger partial charge in [-0.3, -0.25) is 9.59 Å². The number of nitrogens with one attached hydrogen (secondary N) is 4. The maximum atomic E-state index is 13.9. The summed E-state index contributed by atoms with van der Waals surface area (Å²) in [6.45, 7) is 12.5. The Bertz CT molecular complexity index is 2460. The number of carbonyl (C=O) groups excluding carboxylic acids is 4. The smallest absolute Gasteiger partial charge is 0.417 e. The van der Waals surface area contributed by atoms with Crippen LogP contribution in [0, 0.1) is 17.3 Å². The highest BCUT2D eigenvalue weighted by Gasteiger charge is 2.43. The number of H-pyrrole nitrogens is 2. The summed E-state index contributed by atoms with van der Waals surface area (Å²) in [5.74, 6) is 0.696. The summed E-state index contributed by atoms with van der Waals surface area (Å²) in [7, 11) is 1.29. The van der Waals surface area contributed by atoms with Gasteiger partial charge in [0.25, 0.3) is 0 Å². The molecule has 8 rings (SSSR count). The number of hydrogen-bond acceptors (Lipinski definition) is 8. The van der Waals surface area contributed by atoms with Crippen LogP contribution in [-0.4, -0.2) is 86.0 Å². The molecule has 0 radical (unpaired) electrons. The van der Waals surface area contributed by atoms with Crippen LogP contribution in [0.25, 0.3) is 33.6 Å². The number of ether oxygens (including phenoxy) is 1.